The molecule has 0 spiro atoms. The molecule has 1 aliphatic heterocycles. The molecule has 0 unspecified atom stereocenters. The van der Waals surface area contributed by atoms with Crippen LogP contribution in [-0.2, 0) is 0 Å². The Morgan fingerprint density at radius 1 is 1.19 bits per heavy atom. The maximum atomic E-state index is 10.4. The van der Waals surface area contributed by atoms with Gasteiger partial charge in [0.05, 0.1) is 9.10 Å². The number of aliphatic hydroxyl groups is 1. The SMILES string of the molecule is O/C(=C(/SC(=S)N1CCNCC1)C(=S)S)c1ccccc1. The summed E-state index contributed by atoms with van der Waals surface area (Å²) in [7, 11) is 0. The Hall–Kier alpha value is -0.600. The smallest absolute Gasteiger partial charge is 0.141 e. The Balaban J connectivity index is 2.19. The molecule has 0 aromatic heterocycles. The molecule has 0 radical (unpaired) electrons. The molecule has 21 heavy (non-hydrogen) atoms. The first kappa shape index (κ1) is 16.8. The molecule has 112 valence electrons. The number of thioether (sulfide) groups is 1. The van der Waals surface area contributed by atoms with Gasteiger partial charge in [-0.3, -0.25) is 0 Å². The van der Waals surface area contributed by atoms with Crippen molar-refractivity contribution in [2.45, 2.75) is 0 Å². The first-order chi connectivity index (χ1) is 10.1. The average molecular weight is 357 g/mol. The van der Waals surface area contributed by atoms with Crippen LogP contribution in [0.15, 0.2) is 35.2 Å². The standard InChI is InChI=1S/C14H16N2OS4/c17-11(10-4-2-1-3-5-10)12(13(18)19)21-14(20)16-8-6-15-7-9-16/h1-5,15,17H,6-9H2,(H,18,19)/b12-11+. The van der Waals surface area contributed by atoms with Crippen LogP contribution in [0.2, 0.25) is 0 Å². The molecule has 0 amide bonds. The van der Waals surface area contributed by atoms with E-state index in [1.54, 1.807) is 0 Å². The molecule has 1 aromatic carbocycles. The molecule has 1 heterocycles. The number of nitrogens with one attached hydrogen (secondary N) is 1. The van der Waals surface area contributed by atoms with Gasteiger partial charge in [-0.2, -0.15) is 0 Å². The zero-order valence-corrected chi connectivity index (χ0v) is 14.6. The van der Waals surface area contributed by atoms with Crippen molar-refractivity contribution in [1.29, 1.82) is 0 Å². The molecule has 3 nitrogen and oxygen atoms in total. The molecule has 0 bridgehead atoms. The first-order valence-electron chi connectivity index (χ1n) is 6.49. The number of benzene rings is 1. The summed E-state index contributed by atoms with van der Waals surface area (Å²) in [5.74, 6) is 0.123. The summed E-state index contributed by atoms with van der Waals surface area (Å²) in [5, 5.41) is 13.7. The average Bonchev–Trinajstić information content (AvgIpc) is 2.53. The van der Waals surface area contributed by atoms with Crippen molar-refractivity contribution < 1.29 is 5.11 Å². The highest BCUT2D eigenvalue weighted by Crippen LogP contribution is 2.30. The Bertz CT molecular complexity index is 553. The number of nitrogens with zero attached hydrogens (tertiary/aromatic N) is 1. The zero-order chi connectivity index (χ0) is 15.2. The second-order valence-electron chi connectivity index (χ2n) is 4.45. The topological polar surface area (TPSA) is 35.5 Å². The highest BCUT2D eigenvalue weighted by atomic mass is 32.2. The second kappa shape index (κ2) is 8.14. The van der Waals surface area contributed by atoms with E-state index in [1.807, 2.05) is 30.3 Å². The van der Waals surface area contributed by atoms with E-state index in [0.29, 0.717) is 19.0 Å². The lowest BCUT2D eigenvalue weighted by Gasteiger charge is -2.29. The monoisotopic (exact) mass is 356 g/mol. The van der Waals surface area contributed by atoms with E-state index in [2.05, 4.69) is 22.8 Å². The van der Waals surface area contributed by atoms with Crippen LogP contribution in [0.25, 0.3) is 5.76 Å². The van der Waals surface area contributed by atoms with Gasteiger partial charge in [0, 0.05) is 31.7 Å². The van der Waals surface area contributed by atoms with Gasteiger partial charge in [-0.1, -0.05) is 66.5 Å². The normalized spacial score (nSPS) is 16.3. The first-order valence-corrected chi connectivity index (χ1v) is 8.57. The number of aliphatic hydroxyl groups excluding tert-OH is 1. The van der Waals surface area contributed by atoms with Crippen molar-refractivity contribution in [2.24, 2.45) is 0 Å². The fourth-order valence-electron chi connectivity index (χ4n) is 1.92. The minimum atomic E-state index is 0.123. The van der Waals surface area contributed by atoms with Crippen LogP contribution in [0.3, 0.4) is 0 Å². The lowest BCUT2D eigenvalue weighted by Crippen LogP contribution is -2.45. The number of piperazine rings is 1. The molecule has 2 N–H and O–H groups in total. The Labute approximate surface area is 145 Å². The summed E-state index contributed by atoms with van der Waals surface area (Å²) in [4.78, 5) is 2.64. The molecule has 1 fully saturated rings. The van der Waals surface area contributed by atoms with Gasteiger partial charge in [0.25, 0.3) is 0 Å². The molecule has 7 heteroatoms. The Morgan fingerprint density at radius 3 is 2.38 bits per heavy atom. The fourth-order valence-corrected chi connectivity index (χ4v) is 3.60. The minimum Gasteiger partial charge on any atom is -0.506 e. The van der Waals surface area contributed by atoms with Crippen molar-refractivity contribution in [3.8, 4) is 0 Å². The maximum Gasteiger partial charge on any atom is 0.141 e. The van der Waals surface area contributed by atoms with E-state index in [0.717, 1.165) is 26.2 Å². The molecule has 1 saturated heterocycles. The van der Waals surface area contributed by atoms with Crippen LogP contribution < -0.4 is 5.32 Å². The second-order valence-corrected chi connectivity index (χ2v) is 7.26. The van der Waals surface area contributed by atoms with Crippen molar-refractivity contribution in [1.82, 2.24) is 10.2 Å². The highest BCUT2D eigenvalue weighted by Gasteiger charge is 2.19. The minimum absolute atomic E-state index is 0.123. The van der Waals surface area contributed by atoms with E-state index in [4.69, 9.17) is 24.4 Å². The fraction of sp³-hybridized carbons (Fsp3) is 0.286. The lowest BCUT2D eigenvalue weighted by atomic mass is 10.2. The third-order valence-corrected chi connectivity index (χ3v) is 5.27. The van der Waals surface area contributed by atoms with Crippen LogP contribution in [0.5, 0.6) is 0 Å². The number of hydrogen-bond donors (Lipinski definition) is 3. The number of thiol groups is 1. The quantitative estimate of drug-likeness (QED) is 0.334. The molecular weight excluding hydrogens is 340 g/mol. The van der Waals surface area contributed by atoms with E-state index >= 15 is 0 Å². The summed E-state index contributed by atoms with van der Waals surface area (Å²) >= 11 is 16.1. The molecule has 2 rings (SSSR count). The summed E-state index contributed by atoms with van der Waals surface area (Å²) in [5.41, 5.74) is 0.708. The summed E-state index contributed by atoms with van der Waals surface area (Å²) in [6, 6.07) is 9.29. The number of rotatable bonds is 3. The van der Waals surface area contributed by atoms with Gasteiger partial charge in [-0.25, -0.2) is 0 Å². The lowest BCUT2D eigenvalue weighted by molar-refractivity contribution is 0.368. The molecule has 0 atom stereocenters. The predicted octanol–water partition coefficient (Wildman–Crippen LogP) is 3.09. The van der Waals surface area contributed by atoms with Gasteiger partial charge in [-0.15, -0.1) is 12.6 Å². The molecular formula is C14H16N2OS4. The van der Waals surface area contributed by atoms with E-state index in [-0.39, 0.29) is 5.76 Å². The molecule has 1 aromatic rings. The van der Waals surface area contributed by atoms with Crippen LogP contribution in [-0.4, -0.2) is 44.7 Å². The largest absolute Gasteiger partial charge is 0.506 e. The van der Waals surface area contributed by atoms with Gasteiger partial charge in [0.1, 0.15) is 10.1 Å². The summed E-state index contributed by atoms with van der Waals surface area (Å²) in [6.07, 6.45) is 0. The van der Waals surface area contributed by atoms with Gasteiger partial charge >= 0.3 is 0 Å². The van der Waals surface area contributed by atoms with Gasteiger partial charge in [0.2, 0.25) is 0 Å². The van der Waals surface area contributed by atoms with Gasteiger partial charge in [0.15, 0.2) is 0 Å². The van der Waals surface area contributed by atoms with Crippen molar-refractivity contribution in [3.05, 3.63) is 40.8 Å². The van der Waals surface area contributed by atoms with Gasteiger partial charge < -0.3 is 15.3 Å². The van der Waals surface area contributed by atoms with Crippen molar-refractivity contribution in [2.75, 3.05) is 26.2 Å². The van der Waals surface area contributed by atoms with Crippen LogP contribution in [0.1, 0.15) is 5.56 Å². The van der Waals surface area contributed by atoms with Crippen molar-refractivity contribution in [3.63, 3.8) is 0 Å². The van der Waals surface area contributed by atoms with Crippen molar-refractivity contribution >= 4 is 63.1 Å². The predicted molar refractivity (Wildman–Crippen MR) is 102 cm³/mol. The number of hydrogen-bond acceptors (Lipinski definition) is 5. The number of thiocarbonyl (C=S) groups is 2. The summed E-state index contributed by atoms with van der Waals surface area (Å²) in [6.45, 7) is 3.56. The highest BCUT2D eigenvalue weighted by molar-refractivity contribution is 8.28. The third kappa shape index (κ3) is 4.69. The Morgan fingerprint density at radius 2 is 1.81 bits per heavy atom. The van der Waals surface area contributed by atoms with E-state index < -0.39 is 0 Å². The molecule has 0 saturated carbocycles. The maximum absolute atomic E-state index is 10.4. The van der Waals surface area contributed by atoms with E-state index in [1.165, 1.54) is 11.8 Å². The molecule has 0 aliphatic carbocycles. The zero-order valence-electron chi connectivity index (χ0n) is 11.3. The third-order valence-electron chi connectivity index (χ3n) is 3.02. The van der Waals surface area contributed by atoms with Crippen LogP contribution >= 0.6 is 48.8 Å². The van der Waals surface area contributed by atoms with Crippen LogP contribution in [0, 0.1) is 0 Å². The molecule has 1 aliphatic rings. The summed E-state index contributed by atoms with van der Waals surface area (Å²) < 4.78 is 1.06. The van der Waals surface area contributed by atoms with E-state index in [9.17, 15) is 5.11 Å². The van der Waals surface area contributed by atoms with Crippen LogP contribution in [0.4, 0.5) is 0 Å². The van der Waals surface area contributed by atoms with Gasteiger partial charge in [-0.05, 0) is 0 Å². The Kier molecular flexibility index (Phi) is 6.50.